The standard InChI is InChI=1S/C24H31N3O4/c1-31-18-10-8-17(9-11-18)21(26-13-4-5-14-26)16-25-22(28)12-15-27-23(29)19-6-2-3-7-20(19)24(27)30/h2-3,8-11,19-21H,4-7,12-16H2,1H3,(H,25,28)/t19-,20-,21-/m0/s1. The van der Waals surface area contributed by atoms with Gasteiger partial charge in [0.25, 0.3) is 0 Å². The van der Waals surface area contributed by atoms with Crippen molar-refractivity contribution in [2.75, 3.05) is 33.3 Å². The quantitative estimate of drug-likeness (QED) is 0.511. The first-order valence-corrected chi connectivity index (χ1v) is 11.2. The first-order valence-electron chi connectivity index (χ1n) is 11.2. The van der Waals surface area contributed by atoms with Gasteiger partial charge in [-0.15, -0.1) is 0 Å². The van der Waals surface area contributed by atoms with Crippen molar-refractivity contribution in [3.63, 3.8) is 0 Å². The third kappa shape index (κ3) is 4.66. The van der Waals surface area contributed by atoms with Crippen LogP contribution in [0.1, 0.15) is 43.7 Å². The van der Waals surface area contributed by atoms with E-state index in [1.165, 1.54) is 4.90 Å². The summed E-state index contributed by atoms with van der Waals surface area (Å²) < 4.78 is 5.26. The van der Waals surface area contributed by atoms with Crippen molar-refractivity contribution in [2.24, 2.45) is 11.8 Å². The van der Waals surface area contributed by atoms with Gasteiger partial charge in [-0.05, 0) is 56.5 Å². The van der Waals surface area contributed by atoms with E-state index in [9.17, 15) is 14.4 Å². The molecule has 1 aliphatic carbocycles. The molecule has 3 amide bonds. The lowest BCUT2D eigenvalue weighted by atomic mass is 9.85. The third-order valence-corrected chi connectivity index (χ3v) is 6.74. The Hall–Kier alpha value is -2.67. The Labute approximate surface area is 183 Å². The number of nitrogens with one attached hydrogen (secondary N) is 1. The minimum atomic E-state index is -0.241. The van der Waals surface area contributed by atoms with Crippen molar-refractivity contribution in [2.45, 2.75) is 38.1 Å². The van der Waals surface area contributed by atoms with Gasteiger partial charge in [-0.3, -0.25) is 24.2 Å². The smallest absolute Gasteiger partial charge is 0.233 e. The maximum absolute atomic E-state index is 12.6. The number of fused-ring (bicyclic) bond motifs is 1. The summed E-state index contributed by atoms with van der Waals surface area (Å²) in [6, 6.07) is 8.08. The molecule has 1 aromatic rings. The van der Waals surface area contributed by atoms with Crippen LogP contribution in [0.15, 0.2) is 36.4 Å². The number of nitrogens with zero attached hydrogens (tertiary/aromatic N) is 2. The van der Waals surface area contributed by atoms with Gasteiger partial charge in [0.05, 0.1) is 25.0 Å². The maximum Gasteiger partial charge on any atom is 0.233 e. The van der Waals surface area contributed by atoms with E-state index in [0.717, 1.165) is 37.2 Å². The summed E-state index contributed by atoms with van der Waals surface area (Å²) in [6.07, 6.45) is 7.66. The van der Waals surface area contributed by atoms with Crippen molar-refractivity contribution in [3.8, 4) is 5.75 Å². The van der Waals surface area contributed by atoms with E-state index < -0.39 is 0 Å². The molecule has 1 aromatic carbocycles. The van der Waals surface area contributed by atoms with E-state index in [0.29, 0.717) is 19.4 Å². The molecule has 3 aliphatic rings. The lowest BCUT2D eigenvalue weighted by molar-refractivity contribution is -0.140. The molecule has 0 radical (unpaired) electrons. The van der Waals surface area contributed by atoms with Crippen LogP contribution < -0.4 is 10.1 Å². The zero-order valence-electron chi connectivity index (χ0n) is 18.1. The summed E-state index contributed by atoms with van der Waals surface area (Å²) in [4.78, 5) is 41.4. The highest BCUT2D eigenvalue weighted by atomic mass is 16.5. The van der Waals surface area contributed by atoms with Gasteiger partial charge in [0.2, 0.25) is 17.7 Å². The fourth-order valence-corrected chi connectivity index (χ4v) is 4.94. The van der Waals surface area contributed by atoms with Crippen molar-refractivity contribution >= 4 is 17.7 Å². The lowest BCUT2D eigenvalue weighted by Crippen LogP contribution is -2.39. The molecule has 2 saturated heterocycles. The molecule has 2 aliphatic heterocycles. The highest BCUT2D eigenvalue weighted by Crippen LogP contribution is 2.35. The monoisotopic (exact) mass is 425 g/mol. The average molecular weight is 426 g/mol. The van der Waals surface area contributed by atoms with E-state index >= 15 is 0 Å². The molecule has 0 spiro atoms. The number of methoxy groups -OCH3 is 1. The van der Waals surface area contributed by atoms with Crippen LogP contribution in [0.4, 0.5) is 0 Å². The molecular formula is C24H31N3O4. The van der Waals surface area contributed by atoms with Crippen molar-refractivity contribution in [1.29, 1.82) is 0 Å². The van der Waals surface area contributed by atoms with Crippen molar-refractivity contribution < 1.29 is 19.1 Å². The van der Waals surface area contributed by atoms with Crippen LogP contribution in [0.3, 0.4) is 0 Å². The summed E-state index contributed by atoms with van der Waals surface area (Å²) in [5.41, 5.74) is 1.14. The van der Waals surface area contributed by atoms with Gasteiger partial charge >= 0.3 is 0 Å². The number of likely N-dealkylation sites (tertiary alicyclic amines) is 2. The number of amides is 3. The van der Waals surface area contributed by atoms with Gasteiger partial charge in [0.1, 0.15) is 5.75 Å². The fourth-order valence-electron chi connectivity index (χ4n) is 4.94. The van der Waals surface area contributed by atoms with Crippen molar-refractivity contribution in [3.05, 3.63) is 42.0 Å². The number of hydrogen-bond donors (Lipinski definition) is 1. The van der Waals surface area contributed by atoms with Crippen LogP contribution in [-0.4, -0.2) is 60.8 Å². The van der Waals surface area contributed by atoms with Crippen LogP contribution >= 0.6 is 0 Å². The second kappa shape index (κ2) is 9.64. The van der Waals surface area contributed by atoms with Crippen LogP contribution in [0.5, 0.6) is 5.75 Å². The maximum atomic E-state index is 12.6. The van der Waals surface area contributed by atoms with Crippen LogP contribution in [0.2, 0.25) is 0 Å². The van der Waals surface area contributed by atoms with Gasteiger partial charge < -0.3 is 10.1 Å². The Morgan fingerprint density at radius 2 is 1.68 bits per heavy atom. The number of ether oxygens (including phenoxy) is 1. The Morgan fingerprint density at radius 3 is 2.26 bits per heavy atom. The van der Waals surface area contributed by atoms with E-state index in [1.54, 1.807) is 7.11 Å². The van der Waals surface area contributed by atoms with E-state index in [2.05, 4.69) is 10.2 Å². The highest BCUT2D eigenvalue weighted by molar-refractivity contribution is 6.05. The Kier molecular flexibility index (Phi) is 6.70. The molecule has 2 heterocycles. The predicted octanol–water partition coefficient (Wildman–Crippen LogP) is 2.29. The molecule has 7 heteroatoms. The number of hydrogen-bond acceptors (Lipinski definition) is 5. The van der Waals surface area contributed by atoms with Crippen LogP contribution in [0.25, 0.3) is 0 Å². The van der Waals surface area contributed by atoms with Crippen LogP contribution in [0, 0.1) is 11.8 Å². The number of carbonyl (C=O) groups excluding carboxylic acids is 3. The largest absolute Gasteiger partial charge is 0.497 e. The number of rotatable bonds is 8. The number of carbonyl (C=O) groups is 3. The van der Waals surface area contributed by atoms with Crippen molar-refractivity contribution in [1.82, 2.24) is 15.1 Å². The topological polar surface area (TPSA) is 79.0 Å². The molecule has 1 N–H and O–H groups in total. The third-order valence-electron chi connectivity index (χ3n) is 6.74. The molecule has 0 aromatic heterocycles. The Bertz CT molecular complexity index is 819. The summed E-state index contributed by atoms with van der Waals surface area (Å²) in [7, 11) is 1.65. The SMILES string of the molecule is COc1ccc([C@H](CNC(=O)CCN2C(=O)[C@H]3CC=CC[C@@H]3C2=O)N2CCCC2)cc1. The first kappa shape index (κ1) is 21.6. The van der Waals surface area contributed by atoms with E-state index in [1.807, 2.05) is 36.4 Å². The molecule has 2 fully saturated rings. The number of allylic oxidation sites excluding steroid dienone is 2. The number of benzene rings is 1. The second-order valence-corrected chi connectivity index (χ2v) is 8.57. The summed E-state index contributed by atoms with van der Waals surface area (Å²) in [5.74, 6) is -0.0546. The molecule has 0 saturated carbocycles. The molecule has 0 bridgehead atoms. The van der Waals surface area contributed by atoms with E-state index in [-0.39, 0.29) is 48.6 Å². The van der Waals surface area contributed by atoms with Gasteiger partial charge in [-0.2, -0.15) is 0 Å². The highest BCUT2D eigenvalue weighted by Gasteiger charge is 2.46. The first-order chi connectivity index (χ1) is 15.1. The molecule has 7 nitrogen and oxygen atoms in total. The van der Waals surface area contributed by atoms with Gasteiger partial charge in [-0.25, -0.2) is 0 Å². The van der Waals surface area contributed by atoms with Gasteiger partial charge in [0.15, 0.2) is 0 Å². The summed E-state index contributed by atoms with van der Waals surface area (Å²) in [6.45, 7) is 2.69. The molecule has 4 rings (SSSR count). The normalized spacial score (nSPS) is 24.4. The molecule has 0 unspecified atom stereocenters. The second-order valence-electron chi connectivity index (χ2n) is 8.57. The zero-order chi connectivity index (χ0) is 21.8. The summed E-state index contributed by atoms with van der Waals surface area (Å²) in [5, 5.41) is 3.03. The molecular weight excluding hydrogens is 394 g/mol. The minimum absolute atomic E-state index is 0.0985. The fraction of sp³-hybridized carbons (Fsp3) is 0.542. The number of imide groups is 1. The molecule has 166 valence electrons. The zero-order valence-corrected chi connectivity index (χ0v) is 18.1. The van der Waals surface area contributed by atoms with Gasteiger partial charge in [0, 0.05) is 19.5 Å². The summed E-state index contributed by atoms with van der Waals surface area (Å²) >= 11 is 0. The average Bonchev–Trinajstić information content (AvgIpc) is 3.41. The molecule has 31 heavy (non-hydrogen) atoms. The molecule has 3 atom stereocenters. The predicted molar refractivity (Wildman–Crippen MR) is 116 cm³/mol. The van der Waals surface area contributed by atoms with Gasteiger partial charge in [-0.1, -0.05) is 24.3 Å². The van der Waals surface area contributed by atoms with Crippen LogP contribution in [-0.2, 0) is 14.4 Å². The lowest BCUT2D eigenvalue weighted by Gasteiger charge is -2.28. The van der Waals surface area contributed by atoms with E-state index in [4.69, 9.17) is 4.74 Å². The Morgan fingerprint density at radius 1 is 1.06 bits per heavy atom. The Balaban J connectivity index is 1.32. The minimum Gasteiger partial charge on any atom is -0.497 e.